The normalized spacial score (nSPS) is 20.5. The van der Waals surface area contributed by atoms with Gasteiger partial charge in [-0.15, -0.1) is 0 Å². The van der Waals surface area contributed by atoms with Gasteiger partial charge in [0.15, 0.2) is 0 Å². The molecule has 2 rings (SSSR count). The molecule has 0 unspecified atom stereocenters. The van der Waals surface area contributed by atoms with Crippen LogP contribution in [-0.4, -0.2) is 35.9 Å². The predicted molar refractivity (Wildman–Crippen MR) is 66.8 cm³/mol. The number of pyridine rings is 1. The molecule has 1 aromatic heterocycles. The van der Waals surface area contributed by atoms with Gasteiger partial charge in [0.1, 0.15) is 5.69 Å². The molecule has 1 aromatic rings. The average Bonchev–Trinajstić information content (AvgIpc) is 2.86. The van der Waals surface area contributed by atoms with Gasteiger partial charge in [0, 0.05) is 7.05 Å². The molecule has 17 heavy (non-hydrogen) atoms. The maximum Gasteiger partial charge on any atom is 0.269 e. The SMILES string of the molecule is CCN1CCC[C@H]1c1cccc(C(=O)NC)n1. The van der Waals surface area contributed by atoms with Gasteiger partial charge in [-0.3, -0.25) is 9.69 Å². The summed E-state index contributed by atoms with van der Waals surface area (Å²) >= 11 is 0. The van der Waals surface area contributed by atoms with Gasteiger partial charge in [0.05, 0.1) is 11.7 Å². The van der Waals surface area contributed by atoms with Gasteiger partial charge in [-0.25, -0.2) is 4.98 Å². The van der Waals surface area contributed by atoms with Gasteiger partial charge >= 0.3 is 0 Å². The van der Waals surface area contributed by atoms with E-state index in [9.17, 15) is 4.79 Å². The van der Waals surface area contributed by atoms with E-state index in [1.807, 2.05) is 12.1 Å². The van der Waals surface area contributed by atoms with Crippen molar-refractivity contribution in [3.05, 3.63) is 29.6 Å². The lowest BCUT2D eigenvalue weighted by Crippen LogP contribution is -2.25. The zero-order chi connectivity index (χ0) is 12.3. The number of nitrogens with one attached hydrogen (secondary N) is 1. The average molecular weight is 233 g/mol. The summed E-state index contributed by atoms with van der Waals surface area (Å²) in [4.78, 5) is 18.4. The van der Waals surface area contributed by atoms with E-state index >= 15 is 0 Å². The second-order valence-electron chi connectivity index (χ2n) is 4.31. The van der Waals surface area contributed by atoms with E-state index in [1.165, 1.54) is 6.42 Å². The van der Waals surface area contributed by atoms with Crippen molar-refractivity contribution >= 4 is 5.91 Å². The smallest absolute Gasteiger partial charge is 0.269 e. The summed E-state index contributed by atoms with van der Waals surface area (Å²) in [6, 6.07) is 6.07. The third-order valence-electron chi connectivity index (χ3n) is 3.34. The molecule has 1 amide bonds. The number of aromatic nitrogens is 1. The van der Waals surface area contributed by atoms with Gasteiger partial charge in [-0.05, 0) is 38.1 Å². The van der Waals surface area contributed by atoms with Crippen LogP contribution in [0.5, 0.6) is 0 Å². The Labute approximate surface area is 102 Å². The van der Waals surface area contributed by atoms with Crippen molar-refractivity contribution < 1.29 is 4.79 Å². The van der Waals surface area contributed by atoms with Crippen LogP contribution in [-0.2, 0) is 0 Å². The molecule has 0 aliphatic carbocycles. The highest BCUT2D eigenvalue weighted by atomic mass is 16.1. The van der Waals surface area contributed by atoms with Crippen LogP contribution in [0.25, 0.3) is 0 Å². The molecule has 1 saturated heterocycles. The molecule has 4 nitrogen and oxygen atoms in total. The molecule has 4 heteroatoms. The standard InChI is InChI=1S/C13H19N3O/c1-3-16-9-5-8-12(16)10-6-4-7-11(15-10)13(17)14-2/h4,6-7,12H,3,5,8-9H2,1-2H3,(H,14,17)/t12-/m0/s1. The van der Waals surface area contributed by atoms with Crippen molar-refractivity contribution in [2.75, 3.05) is 20.1 Å². The van der Waals surface area contributed by atoms with Crippen LogP contribution in [0.4, 0.5) is 0 Å². The van der Waals surface area contributed by atoms with Crippen LogP contribution in [0.3, 0.4) is 0 Å². The van der Waals surface area contributed by atoms with Gasteiger partial charge in [0.2, 0.25) is 0 Å². The second kappa shape index (κ2) is 5.27. The first-order valence-electron chi connectivity index (χ1n) is 6.19. The monoisotopic (exact) mass is 233 g/mol. The minimum absolute atomic E-state index is 0.118. The van der Waals surface area contributed by atoms with Crippen molar-refractivity contribution in [2.45, 2.75) is 25.8 Å². The molecule has 2 heterocycles. The topological polar surface area (TPSA) is 45.2 Å². The fourth-order valence-electron chi connectivity index (χ4n) is 2.43. The molecular formula is C13H19N3O. The molecule has 1 aliphatic rings. The minimum Gasteiger partial charge on any atom is -0.354 e. The van der Waals surface area contributed by atoms with Crippen LogP contribution in [0.15, 0.2) is 18.2 Å². The fourth-order valence-corrected chi connectivity index (χ4v) is 2.43. The first-order chi connectivity index (χ1) is 8.26. The molecular weight excluding hydrogens is 214 g/mol. The molecule has 0 radical (unpaired) electrons. The highest BCUT2D eigenvalue weighted by molar-refractivity contribution is 5.91. The predicted octanol–water partition coefficient (Wildman–Crippen LogP) is 1.60. The molecule has 1 atom stereocenters. The Kier molecular flexibility index (Phi) is 3.74. The Morgan fingerprint density at radius 3 is 3.12 bits per heavy atom. The zero-order valence-corrected chi connectivity index (χ0v) is 10.4. The number of amides is 1. The summed E-state index contributed by atoms with van der Waals surface area (Å²) in [7, 11) is 1.63. The Hall–Kier alpha value is -1.42. The van der Waals surface area contributed by atoms with Gasteiger partial charge < -0.3 is 5.32 Å². The molecule has 1 N–H and O–H groups in total. The number of rotatable bonds is 3. The third kappa shape index (κ3) is 2.47. The Bertz CT molecular complexity index is 405. The molecule has 1 aliphatic heterocycles. The highest BCUT2D eigenvalue weighted by Gasteiger charge is 2.25. The van der Waals surface area contributed by atoms with E-state index in [0.717, 1.165) is 25.2 Å². The van der Waals surface area contributed by atoms with E-state index in [1.54, 1.807) is 13.1 Å². The van der Waals surface area contributed by atoms with E-state index in [2.05, 4.69) is 22.1 Å². The lowest BCUT2D eigenvalue weighted by Gasteiger charge is -2.22. The summed E-state index contributed by atoms with van der Waals surface area (Å²) in [5.74, 6) is -0.118. The molecule has 0 saturated carbocycles. The summed E-state index contributed by atoms with van der Waals surface area (Å²) in [5.41, 5.74) is 1.53. The van der Waals surface area contributed by atoms with E-state index in [4.69, 9.17) is 0 Å². The number of likely N-dealkylation sites (tertiary alicyclic amines) is 1. The number of hydrogen-bond acceptors (Lipinski definition) is 3. The Balaban J connectivity index is 2.23. The quantitative estimate of drug-likeness (QED) is 0.862. The maximum absolute atomic E-state index is 11.5. The minimum atomic E-state index is -0.118. The van der Waals surface area contributed by atoms with Crippen LogP contribution >= 0.6 is 0 Å². The molecule has 1 fully saturated rings. The summed E-state index contributed by atoms with van der Waals surface area (Å²) in [6.45, 7) is 4.34. The first-order valence-corrected chi connectivity index (χ1v) is 6.19. The van der Waals surface area contributed by atoms with Gasteiger partial charge in [0.25, 0.3) is 5.91 Å². The van der Waals surface area contributed by atoms with Crippen molar-refractivity contribution in [3.8, 4) is 0 Å². The summed E-state index contributed by atoms with van der Waals surface area (Å²) in [5, 5.41) is 2.61. The fraction of sp³-hybridized carbons (Fsp3) is 0.538. The van der Waals surface area contributed by atoms with Crippen molar-refractivity contribution in [1.82, 2.24) is 15.2 Å². The van der Waals surface area contributed by atoms with Crippen molar-refractivity contribution in [2.24, 2.45) is 0 Å². The lowest BCUT2D eigenvalue weighted by molar-refractivity contribution is 0.0957. The van der Waals surface area contributed by atoms with Crippen LogP contribution in [0.2, 0.25) is 0 Å². The third-order valence-corrected chi connectivity index (χ3v) is 3.34. The molecule has 92 valence electrons. The van der Waals surface area contributed by atoms with Crippen molar-refractivity contribution in [3.63, 3.8) is 0 Å². The highest BCUT2D eigenvalue weighted by Crippen LogP contribution is 2.30. The number of nitrogens with zero attached hydrogens (tertiary/aromatic N) is 2. The van der Waals surface area contributed by atoms with E-state index in [-0.39, 0.29) is 5.91 Å². The maximum atomic E-state index is 11.5. The van der Waals surface area contributed by atoms with E-state index < -0.39 is 0 Å². The molecule has 0 aromatic carbocycles. The van der Waals surface area contributed by atoms with Gasteiger partial charge in [-0.2, -0.15) is 0 Å². The molecule has 0 bridgehead atoms. The summed E-state index contributed by atoms with van der Waals surface area (Å²) in [6.07, 6.45) is 2.35. The van der Waals surface area contributed by atoms with E-state index in [0.29, 0.717) is 11.7 Å². The second-order valence-corrected chi connectivity index (χ2v) is 4.31. The Morgan fingerprint density at radius 1 is 1.59 bits per heavy atom. The number of carbonyl (C=O) groups excluding carboxylic acids is 1. The zero-order valence-electron chi connectivity index (χ0n) is 10.4. The van der Waals surface area contributed by atoms with Crippen molar-refractivity contribution in [1.29, 1.82) is 0 Å². The van der Waals surface area contributed by atoms with Gasteiger partial charge in [-0.1, -0.05) is 13.0 Å². The first kappa shape index (κ1) is 12.0. The number of carbonyl (C=O) groups is 1. The lowest BCUT2D eigenvalue weighted by atomic mass is 10.1. The number of hydrogen-bond donors (Lipinski definition) is 1. The van der Waals surface area contributed by atoms with Crippen LogP contribution < -0.4 is 5.32 Å². The molecule has 0 spiro atoms. The summed E-state index contributed by atoms with van der Waals surface area (Å²) < 4.78 is 0. The largest absolute Gasteiger partial charge is 0.354 e. The Morgan fingerprint density at radius 2 is 2.41 bits per heavy atom. The van der Waals surface area contributed by atoms with Crippen LogP contribution in [0.1, 0.15) is 42.0 Å². The van der Waals surface area contributed by atoms with Crippen LogP contribution in [0, 0.1) is 0 Å².